The minimum atomic E-state index is -0.413. The summed E-state index contributed by atoms with van der Waals surface area (Å²) in [7, 11) is 0. The zero-order valence-electron chi connectivity index (χ0n) is 12.9. The Kier molecular flexibility index (Phi) is 5.00. The predicted molar refractivity (Wildman–Crippen MR) is 82.8 cm³/mol. The minimum Gasteiger partial charge on any atom is -0.389 e. The molecule has 0 aromatic heterocycles. The molecule has 0 bridgehead atoms. The SMILES string of the molecule is OC1(CNC2CCCCC2C2CCCN2)CCCCC1. The van der Waals surface area contributed by atoms with E-state index in [9.17, 15) is 5.11 Å². The van der Waals surface area contributed by atoms with Crippen LogP contribution in [-0.4, -0.2) is 35.9 Å². The monoisotopic (exact) mass is 280 g/mol. The summed E-state index contributed by atoms with van der Waals surface area (Å²) in [5.74, 6) is 0.790. The van der Waals surface area contributed by atoms with Crippen molar-refractivity contribution in [3.8, 4) is 0 Å². The number of aliphatic hydroxyl groups is 1. The Balaban J connectivity index is 1.53. The van der Waals surface area contributed by atoms with E-state index in [-0.39, 0.29) is 0 Å². The lowest BCUT2D eigenvalue weighted by Gasteiger charge is -2.39. The summed E-state index contributed by atoms with van der Waals surface area (Å²) in [5.41, 5.74) is -0.413. The maximum absolute atomic E-state index is 10.7. The molecule has 0 aromatic rings. The zero-order valence-corrected chi connectivity index (χ0v) is 12.9. The normalized spacial score (nSPS) is 38.0. The smallest absolute Gasteiger partial charge is 0.0771 e. The van der Waals surface area contributed by atoms with Gasteiger partial charge < -0.3 is 15.7 Å². The van der Waals surface area contributed by atoms with Crippen LogP contribution in [0.2, 0.25) is 0 Å². The molecule has 1 heterocycles. The van der Waals surface area contributed by atoms with Crippen molar-refractivity contribution in [1.29, 1.82) is 0 Å². The van der Waals surface area contributed by atoms with Gasteiger partial charge in [0.1, 0.15) is 0 Å². The Morgan fingerprint density at radius 1 is 0.950 bits per heavy atom. The van der Waals surface area contributed by atoms with Gasteiger partial charge in [0.05, 0.1) is 5.60 Å². The molecule has 2 saturated carbocycles. The van der Waals surface area contributed by atoms with Gasteiger partial charge in [0.15, 0.2) is 0 Å². The van der Waals surface area contributed by atoms with Crippen molar-refractivity contribution in [2.24, 2.45) is 5.92 Å². The Labute approximate surface area is 123 Å². The highest BCUT2D eigenvalue weighted by molar-refractivity contribution is 4.93. The summed E-state index contributed by atoms with van der Waals surface area (Å²) in [5, 5.41) is 18.1. The molecule has 1 aliphatic heterocycles. The van der Waals surface area contributed by atoms with Gasteiger partial charge in [-0.3, -0.25) is 0 Å². The molecule has 3 fully saturated rings. The van der Waals surface area contributed by atoms with Crippen molar-refractivity contribution in [3.63, 3.8) is 0 Å². The van der Waals surface area contributed by atoms with Crippen LogP contribution < -0.4 is 10.6 Å². The summed E-state index contributed by atoms with van der Waals surface area (Å²) in [4.78, 5) is 0. The molecule has 3 rings (SSSR count). The Bertz CT molecular complexity index is 295. The first-order valence-corrected chi connectivity index (χ1v) is 8.96. The fraction of sp³-hybridized carbons (Fsp3) is 1.00. The van der Waals surface area contributed by atoms with Gasteiger partial charge in [-0.2, -0.15) is 0 Å². The van der Waals surface area contributed by atoms with Crippen molar-refractivity contribution >= 4 is 0 Å². The fourth-order valence-electron chi connectivity index (χ4n) is 4.68. The van der Waals surface area contributed by atoms with Gasteiger partial charge in [-0.1, -0.05) is 32.1 Å². The van der Waals surface area contributed by atoms with Crippen molar-refractivity contribution in [2.45, 2.75) is 88.3 Å². The molecule has 20 heavy (non-hydrogen) atoms. The average Bonchev–Trinajstić information content (AvgIpc) is 3.00. The molecule has 3 heteroatoms. The number of hydrogen-bond acceptors (Lipinski definition) is 3. The molecule has 1 saturated heterocycles. The molecule has 0 aromatic carbocycles. The summed E-state index contributed by atoms with van der Waals surface area (Å²) in [6.45, 7) is 2.03. The summed E-state index contributed by atoms with van der Waals surface area (Å²) in [6.07, 6.45) is 13.8. The van der Waals surface area contributed by atoms with Crippen LogP contribution in [-0.2, 0) is 0 Å². The molecular weight excluding hydrogens is 248 g/mol. The number of rotatable bonds is 4. The first kappa shape index (κ1) is 14.8. The summed E-state index contributed by atoms with van der Waals surface area (Å²) < 4.78 is 0. The highest BCUT2D eigenvalue weighted by Crippen LogP contribution is 2.32. The van der Waals surface area contributed by atoms with E-state index in [0.29, 0.717) is 6.04 Å². The van der Waals surface area contributed by atoms with E-state index >= 15 is 0 Å². The molecule has 3 aliphatic rings. The molecular formula is C17H32N2O. The Hall–Kier alpha value is -0.120. The van der Waals surface area contributed by atoms with E-state index in [1.807, 2.05) is 0 Å². The molecule has 0 spiro atoms. The van der Waals surface area contributed by atoms with Crippen LogP contribution in [0.4, 0.5) is 0 Å². The molecule has 3 N–H and O–H groups in total. The second-order valence-corrected chi connectivity index (χ2v) is 7.42. The predicted octanol–water partition coefficient (Wildman–Crippen LogP) is 2.58. The van der Waals surface area contributed by atoms with Crippen LogP contribution in [0.1, 0.15) is 70.6 Å². The second-order valence-electron chi connectivity index (χ2n) is 7.42. The van der Waals surface area contributed by atoms with E-state index in [1.54, 1.807) is 0 Å². The van der Waals surface area contributed by atoms with E-state index in [2.05, 4.69) is 10.6 Å². The molecule has 0 radical (unpaired) electrons. The van der Waals surface area contributed by atoms with E-state index in [1.165, 1.54) is 64.3 Å². The first-order chi connectivity index (χ1) is 9.77. The highest BCUT2D eigenvalue weighted by Gasteiger charge is 2.35. The van der Waals surface area contributed by atoms with Crippen LogP contribution in [0.25, 0.3) is 0 Å². The topological polar surface area (TPSA) is 44.3 Å². The van der Waals surface area contributed by atoms with Gasteiger partial charge in [-0.25, -0.2) is 0 Å². The van der Waals surface area contributed by atoms with Gasteiger partial charge in [-0.05, 0) is 51.0 Å². The molecule has 0 amide bonds. The standard InChI is InChI=1S/C17H32N2O/c20-17(10-4-1-5-11-17)13-19-16-8-3-2-7-14(16)15-9-6-12-18-15/h14-16,18-20H,1-13H2. The number of nitrogens with one attached hydrogen (secondary N) is 2. The lowest BCUT2D eigenvalue weighted by atomic mass is 9.78. The number of hydrogen-bond donors (Lipinski definition) is 3. The lowest BCUT2D eigenvalue weighted by molar-refractivity contribution is -0.00108. The van der Waals surface area contributed by atoms with Crippen molar-refractivity contribution in [1.82, 2.24) is 10.6 Å². The van der Waals surface area contributed by atoms with E-state index in [4.69, 9.17) is 0 Å². The van der Waals surface area contributed by atoms with Gasteiger partial charge in [-0.15, -0.1) is 0 Å². The highest BCUT2D eigenvalue weighted by atomic mass is 16.3. The maximum atomic E-state index is 10.7. The van der Waals surface area contributed by atoms with E-state index < -0.39 is 5.60 Å². The minimum absolute atomic E-state index is 0.413. The molecule has 3 unspecified atom stereocenters. The third kappa shape index (κ3) is 3.55. The zero-order chi connectivity index (χ0) is 13.8. The van der Waals surface area contributed by atoms with Crippen molar-refractivity contribution in [3.05, 3.63) is 0 Å². The van der Waals surface area contributed by atoms with Gasteiger partial charge >= 0.3 is 0 Å². The Morgan fingerprint density at radius 3 is 2.50 bits per heavy atom. The third-order valence-electron chi connectivity index (χ3n) is 5.91. The molecule has 116 valence electrons. The lowest BCUT2D eigenvalue weighted by Crippen LogP contribution is -2.52. The average molecular weight is 280 g/mol. The quantitative estimate of drug-likeness (QED) is 0.741. The van der Waals surface area contributed by atoms with Crippen molar-refractivity contribution < 1.29 is 5.11 Å². The van der Waals surface area contributed by atoms with Gasteiger partial charge in [0.25, 0.3) is 0 Å². The van der Waals surface area contributed by atoms with Crippen LogP contribution in [0.15, 0.2) is 0 Å². The summed E-state index contributed by atoms with van der Waals surface area (Å²) in [6, 6.07) is 1.36. The Morgan fingerprint density at radius 2 is 1.75 bits per heavy atom. The van der Waals surface area contributed by atoms with E-state index in [0.717, 1.165) is 31.3 Å². The fourth-order valence-corrected chi connectivity index (χ4v) is 4.68. The first-order valence-electron chi connectivity index (χ1n) is 8.96. The molecule has 2 aliphatic carbocycles. The largest absolute Gasteiger partial charge is 0.389 e. The second kappa shape index (κ2) is 6.76. The summed E-state index contributed by atoms with van der Waals surface area (Å²) >= 11 is 0. The van der Waals surface area contributed by atoms with Crippen LogP contribution in [0, 0.1) is 5.92 Å². The van der Waals surface area contributed by atoms with Gasteiger partial charge in [0, 0.05) is 18.6 Å². The van der Waals surface area contributed by atoms with Crippen LogP contribution in [0.3, 0.4) is 0 Å². The van der Waals surface area contributed by atoms with Gasteiger partial charge in [0.2, 0.25) is 0 Å². The van der Waals surface area contributed by atoms with Crippen LogP contribution in [0.5, 0.6) is 0 Å². The molecule has 3 atom stereocenters. The third-order valence-corrected chi connectivity index (χ3v) is 5.91. The molecule has 3 nitrogen and oxygen atoms in total. The maximum Gasteiger partial charge on any atom is 0.0771 e. The van der Waals surface area contributed by atoms with Crippen molar-refractivity contribution in [2.75, 3.05) is 13.1 Å². The van der Waals surface area contributed by atoms with Crippen LogP contribution >= 0.6 is 0 Å².